The fourth-order valence-corrected chi connectivity index (χ4v) is 8.40. The lowest BCUT2D eigenvalue weighted by atomic mass is 9.68. The number of benzene rings is 1. The normalized spacial score (nSPS) is 31.4. The molecule has 4 bridgehead atoms. The molecule has 0 radical (unpaired) electrons. The van der Waals surface area contributed by atoms with Crippen molar-refractivity contribution in [1.82, 2.24) is 24.0 Å². The van der Waals surface area contributed by atoms with Gasteiger partial charge in [-0.25, -0.2) is 14.3 Å². The third kappa shape index (κ3) is 3.97. The highest BCUT2D eigenvalue weighted by Crippen LogP contribution is 2.47. The largest absolute Gasteiger partial charge is 0.334 e. The molecule has 2 aliphatic carbocycles. The van der Waals surface area contributed by atoms with Gasteiger partial charge in [-0.2, -0.15) is 4.39 Å². The highest BCUT2D eigenvalue weighted by molar-refractivity contribution is 5.75. The topological polar surface area (TPSA) is 93.0 Å². The standard InChI is InChI=1S/C29H34FN5O3/c30-23-16-33(29(38)32-27(23)36)26-28(37)35(25-10-2-1-9-24(25)31-26)22-14-19-7-4-8-20(15-22)34(19)21-12-17-5-3-6-18(11-17)13-21/h1-2,9-10,16-22H,3-8,11-15H2,(H,32,36,38)/t17-,18+,19-,20+,21?,22?. The summed E-state index contributed by atoms with van der Waals surface area (Å²) < 4.78 is 16.8. The number of hydrogen-bond donors (Lipinski definition) is 1. The zero-order valence-corrected chi connectivity index (χ0v) is 21.5. The lowest BCUT2D eigenvalue weighted by Gasteiger charge is -2.55. The summed E-state index contributed by atoms with van der Waals surface area (Å²) in [6.45, 7) is 0. The van der Waals surface area contributed by atoms with E-state index in [1.54, 1.807) is 10.6 Å². The molecular formula is C29H34FN5O3. The maximum atomic E-state index is 14.2. The molecule has 2 saturated carbocycles. The van der Waals surface area contributed by atoms with Crippen molar-refractivity contribution in [2.24, 2.45) is 11.8 Å². The van der Waals surface area contributed by atoms with E-state index in [0.717, 1.165) is 53.8 Å². The second-order valence-corrected chi connectivity index (χ2v) is 12.0. The zero-order valence-electron chi connectivity index (χ0n) is 21.5. The average Bonchev–Trinajstić information content (AvgIpc) is 2.89. The molecule has 2 aliphatic heterocycles. The Balaban J connectivity index is 1.29. The molecule has 6 atom stereocenters. The van der Waals surface area contributed by atoms with Gasteiger partial charge >= 0.3 is 5.69 Å². The molecule has 2 unspecified atom stereocenters. The van der Waals surface area contributed by atoms with Crippen molar-refractivity contribution < 1.29 is 4.39 Å². The second kappa shape index (κ2) is 9.29. The number of nitrogens with one attached hydrogen (secondary N) is 1. The van der Waals surface area contributed by atoms with Crippen LogP contribution in [0.2, 0.25) is 0 Å². The summed E-state index contributed by atoms with van der Waals surface area (Å²) in [5.41, 5.74) is -1.13. The number of aromatic amines is 1. The summed E-state index contributed by atoms with van der Waals surface area (Å²) in [5.74, 6) is 0.426. The smallest absolute Gasteiger partial charge is 0.300 e. The van der Waals surface area contributed by atoms with Crippen LogP contribution in [0.3, 0.4) is 0 Å². The monoisotopic (exact) mass is 519 g/mol. The van der Waals surface area contributed by atoms with Gasteiger partial charge in [-0.05, 0) is 68.9 Å². The van der Waals surface area contributed by atoms with Crippen LogP contribution in [0.4, 0.5) is 4.39 Å². The number of aromatic nitrogens is 4. The Hall–Kier alpha value is -3.07. The average molecular weight is 520 g/mol. The van der Waals surface area contributed by atoms with Gasteiger partial charge < -0.3 is 4.57 Å². The van der Waals surface area contributed by atoms with Crippen molar-refractivity contribution in [1.29, 1.82) is 0 Å². The lowest BCUT2D eigenvalue weighted by Crippen LogP contribution is -2.58. The van der Waals surface area contributed by atoms with Crippen LogP contribution in [-0.4, -0.2) is 42.1 Å². The van der Waals surface area contributed by atoms with Gasteiger partial charge in [0.1, 0.15) is 0 Å². The summed E-state index contributed by atoms with van der Waals surface area (Å²) >= 11 is 0. The molecule has 1 N–H and O–H groups in total. The maximum absolute atomic E-state index is 14.2. The first-order chi connectivity index (χ1) is 18.5. The van der Waals surface area contributed by atoms with Crippen molar-refractivity contribution in [3.63, 3.8) is 0 Å². The van der Waals surface area contributed by atoms with E-state index in [0.29, 0.717) is 23.6 Å². The van der Waals surface area contributed by atoms with Crippen molar-refractivity contribution in [2.45, 2.75) is 94.8 Å². The van der Waals surface area contributed by atoms with Gasteiger partial charge in [0.05, 0.1) is 17.2 Å². The van der Waals surface area contributed by atoms with Crippen molar-refractivity contribution >= 4 is 11.0 Å². The minimum Gasteiger partial charge on any atom is -0.300 e. The molecule has 2 saturated heterocycles. The maximum Gasteiger partial charge on any atom is 0.334 e. The molecule has 0 spiro atoms. The molecule has 200 valence electrons. The van der Waals surface area contributed by atoms with Crippen molar-refractivity contribution in [3.05, 3.63) is 67.5 Å². The summed E-state index contributed by atoms with van der Waals surface area (Å²) in [6, 6.07) is 8.92. The first-order valence-electron chi connectivity index (χ1n) is 14.3. The Morgan fingerprint density at radius 2 is 1.50 bits per heavy atom. The Morgan fingerprint density at radius 3 is 2.24 bits per heavy atom. The van der Waals surface area contributed by atoms with Crippen LogP contribution in [0.15, 0.2) is 44.8 Å². The van der Waals surface area contributed by atoms with E-state index in [1.807, 2.05) is 23.2 Å². The van der Waals surface area contributed by atoms with Crippen molar-refractivity contribution in [2.75, 3.05) is 0 Å². The van der Waals surface area contributed by atoms with Crippen LogP contribution in [0, 0.1) is 17.7 Å². The molecule has 8 nitrogen and oxygen atoms in total. The van der Waals surface area contributed by atoms with Crippen LogP contribution < -0.4 is 16.8 Å². The van der Waals surface area contributed by atoms with Gasteiger partial charge in [-0.15, -0.1) is 0 Å². The van der Waals surface area contributed by atoms with E-state index in [4.69, 9.17) is 0 Å². The highest BCUT2D eigenvalue weighted by atomic mass is 19.1. The molecule has 7 rings (SSSR count). The van der Waals surface area contributed by atoms with Gasteiger partial charge in [0.2, 0.25) is 11.6 Å². The van der Waals surface area contributed by atoms with E-state index in [2.05, 4.69) is 9.88 Å². The van der Waals surface area contributed by atoms with Crippen LogP contribution in [0.25, 0.3) is 16.9 Å². The van der Waals surface area contributed by atoms with Crippen LogP contribution in [-0.2, 0) is 0 Å². The van der Waals surface area contributed by atoms with E-state index in [-0.39, 0.29) is 11.9 Å². The quantitative estimate of drug-likeness (QED) is 0.567. The highest BCUT2D eigenvalue weighted by Gasteiger charge is 2.45. The summed E-state index contributed by atoms with van der Waals surface area (Å²) in [5, 5.41) is 0. The molecule has 4 aliphatic rings. The lowest BCUT2D eigenvalue weighted by molar-refractivity contribution is -0.0485. The number of nitrogens with zero attached hydrogens (tertiary/aromatic N) is 4. The predicted octanol–water partition coefficient (Wildman–Crippen LogP) is 3.90. The number of fused-ring (bicyclic) bond motifs is 5. The third-order valence-corrected chi connectivity index (χ3v) is 9.80. The molecule has 1 aromatic carbocycles. The molecule has 3 aromatic rings. The number of piperidine rings is 2. The Kier molecular flexibility index (Phi) is 5.87. The van der Waals surface area contributed by atoms with Gasteiger partial charge in [0.25, 0.3) is 11.1 Å². The summed E-state index contributed by atoms with van der Waals surface area (Å²) in [4.78, 5) is 47.4. The molecule has 0 amide bonds. The van der Waals surface area contributed by atoms with Crippen molar-refractivity contribution in [3.8, 4) is 5.82 Å². The predicted molar refractivity (Wildman–Crippen MR) is 142 cm³/mol. The minimum atomic E-state index is -1.13. The number of hydrogen-bond acceptors (Lipinski definition) is 5. The fraction of sp³-hybridized carbons (Fsp3) is 0.586. The Morgan fingerprint density at radius 1 is 0.816 bits per heavy atom. The Bertz CT molecular complexity index is 1530. The van der Waals surface area contributed by atoms with Gasteiger partial charge in [0.15, 0.2) is 0 Å². The van der Waals surface area contributed by atoms with E-state index < -0.39 is 22.6 Å². The Labute approximate surface area is 219 Å². The van der Waals surface area contributed by atoms with E-state index >= 15 is 0 Å². The van der Waals surface area contributed by atoms with Gasteiger partial charge in [-0.1, -0.05) is 37.8 Å². The molecule has 9 heteroatoms. The summed E-state index contributed by atoms with van der Waals surface area (Å²) in [6.07, 6.45) is 14.2. The van der Waals surface area contributed by atoms with E-state index in [1.165, 1.54) is 44.9 Å². The molecular weight excluding hydrogens is 485 g/mol. The van der Waals surface area contributed by atoms with E-state index in [9.17, 15) is 18.8 Å². The molecule has 4 fully saturated rings. The van der Waals surface area contributed by atoms with Gasteiger partial charge in [-0.3, -0.25) is 19.5 Å². The van der Waals surface area contributed by atoms with Crippen LogP contribution >= 0.6 is 0 Å². The van der Waals surface area contributed by atoms with Crippen LogP contribution in [0.5, 0.6) is 0 Å². The SMILES string of the molecule is O=c1[nH]c(=O)n(-c2nc3ccccc3n(C3C[C@H]4CCC[C@@H](C3)N4C3C[C@H]4CCC[C@@H](C3)C4)c2=O)cc1F. The number of para-hydroxylation sites is 2. The number of rotatable bonds is 3. The van der Waals surface area contributed by atoms with Crippen LogP contribution in [0.1, 0.15) is 76.7 Å². The zero-order chi connectivity index (χ0) is 26.0. The number of H-pyrrole nitrogens is 1. The number of halogens is 1. The molecule has 4 heterocycles. The molecule has 2 aromatic heterocycles. The third-order valence-electron chi connectivity index (χ3n) is 9.80. The minimum absolute atomic E-state index is 0.0351. The fourth-order valence-electron chi connectivity index (χ4n) is 8.40. The second-order valence-electron chi connectivity index (χ2n) is 12.0. The molecule has 38 heavy (non-hydrogen) atoms. The first kappa shape index (κ1) is 24.0. The first-order valence-corrected chi connectivity index (χ1v) is 14.3. The summed E-state index contributed by atoms with van der Waals surface area (Å²) in [7, 11) is 0. The van der Waals surface area contributed by atoms with Gasteiger partial charge in [0, 0.05) is 24.2 Å².